The highest BCUT2D eigenvalue weighted by atomic mass is 32.2. The number of piperidine rings is 1. The fraction of sp³-hybridized carbons (Fsp3) is 0.577. The van der Waals surface area contributed by atoms with Crippen molar-refractivity contribution in [2.24, 2.45) is 11.3 Å². The highest BCUT2D eigenvalue weighted by Crippen LogP contribution is 2.70. The van der Waals surface area contributed by atoms with Crippen molar-refractivity contribution in [3.8, 4) is 11.3 Å². The Bertz CT molecular complexity index is 1300. The van der Waals surface area contributed by atoms with Crippen LogP contribution in [0.1, 0.15) is 56.7 Å². The Hall–Kier alpha value is -2.62. The number of aromatic nitrogens is 2. The molecule has 2 fully saturated rings. The highest BCUT2D eigenvalue weighted by molar-refractivity contribution is 7.90. The van der Waals surface area contributed by atoms with Crippen LogP contribution in [0.2, 0.25) is 0 Å². The number of amides is 2. The van der Waals surface area contributed by atoms with Crippen molar-refractivity contribution in [3.63, 3.8) is 0 Å². The molecule has 2 bridgehead atoms. The molecule has 1 aromatic carbocycles. The maximum Gasteiger partial charge on any atom is 0.317 e. The smallest absolute Gasteiger partial charge is 0.317 e. The highest BCUT2D eigenvalue weighted by Gasteiger charge is 2.66. The van der Waals surface area contributed by atoms with Crippen LogP contribution in [0.25, 0.3) is 11.3 Å². The number of halogens is 2. The van der Waals surface area contributed by atoms with E-state index in [4.69, 9.17) is 0 Å². The monoisotopic (exact) mass is 518 g/mol. The molecule has 1 saturated carbocycles. The summed E-state index contributed by atoms with van der Waals surface area (Å²) in [7, 11) is -3.16. The van der Waals surface area contributed by atoms with Crippen LogP contribution in [0, 0.1) is 23.0 Å². The van der Waals surface area contributed by atoms with E-state index in [0.717, 1.165) is 43.2 Å². The molecule has 1 saturated heterocycles. The Morgan fingerprint density at radius 3 is 2.61 bits per heavy atom. The molecule has 5 rings (SSSR count). The third kappa shape index (κ3) is 3.88. The van der Waals surface area contributed by atoms with Crippen molar-refractivity contribution < 1.29 is 22.0 Å². The molecule has 194 valence electrons. The van der Waals surface area contributed by atoms with Crippen molar-refractivity contribution in [1.82, 2.24) is 20.4 Å². The second-order valence-corrected chi connectivity index (χ2v) is 13.3. The number of benzene rings is 1. The lowest BCUT2D eigenvalue weighted by Crippen LogP contribution is -2.53. The topological polar surface area (TPSA) is 92.3 Å². The summed E-state index contributed by atoms with van der Waals surface area (Å²) >= 11 is 0. The molecule has 10 heteroatoms. The van der Waals surface area contributed by atoms with Gasteiger partial charge in [0.1, 0.15) is 21.5 Å². The standard InChI is InChI=1S/C26H32F2N4O3S/c1-25(2)18-9-10-26(25,16-6-5-12-32(15-16)24(33)29-11-13-36(3,34)35)23-17(18)14-21(30-31-23)22-19(27)7-4-8-20(22)28/h4,7-8,14,16,18H,5-6,9-13,15H2,1-3H3,(H,29,33)/t16-,18-,26-/m0/s1. The zero-order chi connectivity index (χ0) is 25.9. The van der Waals surface area contributed by atoms with Crippen molar-refractivity contribution >= 4 is 15.9 Å². The predicted octanol–water partition coefficient (Wildman–Crippen LogP) is 4.04. The fourth-order valence-corrected chi connectivity index (χ4v) is 7.63. The van der Waals surface area contributed by atoms with Gasteiger partial charge < -0.3 is 10.2 Å². The molecule has 3 aliphatic rings. The number of sulfone groups is 1. The molecule has 1 N–H and O–H groups in total. The number of rotatable bonds is 5. The van der Waals surface area contributed by atoms with Gasteiger partial charge in [0.05, 0.1) is 22.7 Å². The largest absolute Gasteiger partial charge is 0.337 e. The summed E-state index contributed by atoms with van der Waals surface area (Å²) in [6.07, 6.45) is 4.80. The van der Waals surface area contributed by atoms with Crippen LogP contribution in [-0.2, 0) is 15.3 Å². The van der Waals surface area contributed by atoms with Crippen molar-refractivity contribution in [2.45, 2.75) is 50.9 Å². The summed E-state index contributed by atoms with van der Waals surface area (Å²) < 4.78 is 51.8. The lowest BCUT2D eigenvalue weighted by molar-refractivity contribution is 0.0679. The first-order chi connectivity index (χ1) is 17.0. The lowest BCUT2D eigenvalue weighted by atomic mass is 9.59. The Morgan fingerprint density at radius 1 is 1.19 bits per heavy atom. The average Bonchev–Trinajstić information content (AvgIpc) is 3.19. The first-order valence-electron chi connectivity index (χ1n) is 12.5. The van der Waals surface area contributed by atoms with Crippen LogP contribution < -0.4 is 5.32 Å². The molecule has 3 atom stereocenters. The van der Waals surface area contributed by atoms with Crippen molar-refractivity contribution in [3.05, 3.63) is 47.2 Å². The lowest BCUT2D eigenvalue weighted by Gasteiger charge is -2.48. The summed E-state index contributed by atoms with van der Waals surface area (Å²) in [5, 5.41) is 11.7. The number of hydrogen-bond acceptors (Lipinski definition) is 5. The van der Waals surface area contributed by atoms with Crippen molar-refractivity contribution in [1.29, 1.82) is 0 Å². The summed E-state index contributed by atoms with van der Waals surface area (Å²) in [6, 6.07) is 5.35. The molecule has 36 heavy (non-hydrogen) atoms. The van der Waals surface area contributed by atoms with E-state index in [-0.39, 0.29) is 52.3 Å². The van der Waals surface area contributed by atoms with E-state index < -0.39 is 21.5 Å². The van der Waals surface area contributed by atoms with E-state index in [0.29, 0.717) is 13.1 Å². The first kappa shape index (κ1) is 25.0. The molecule has 2 heterocycles. The summed E-state index contributed by atoms with van der Waals surface area (Å²) in [5.74, 6) is -1.07. The zero-order valence-corrected chi connectivity index (χ0v) is 21.7. The molecule has 0 radical (unpaired) electrons. The Kier molecular flexibility index (Phi) is 6.08. The summed E-state index contributed by atoms with van der Waals surface area (Å²) in [4.78, 5) is 14.6. The van der Waals surface area contributed by atoms with Gasteiger partial charge in [-0.05, 0) is 66.7 Å². The zero-order valence-electron chi connectivity index (χ0n) is 20.9. The van der Waals surface area contributed by atoms with Gasteiger partial charge in [-0.3, -0.25) is 0 Å². The average molecular weight is 519 g/mol. The second kappa shape index (κ2) is 8.75. The van der Waals surface area contributed by atoms with Gasteiger partial charge in [0.2, 0.25) is 0 Å². The van der Waals surface area contributed by atoms with E-state index in [9.17, 15) is 22.0 Å². The first-order valence-corrected chi connectivity index (χ1v) is 14.5. The minimum absolute atomic E-state index is 0.0846. The Labute approximate surface area is 210 Å². The van der Waals surface area contributed by atoms with Gasteiger partial charge >= 0.3 is 6.03 Å². The minimum atomic E-state index is -3.16. The maximum absolute atomic E-state index is 14.5. The third-order valence-corrected chi connectivity index (χ3v) is 9.79. The number of urea groups is 1. The van der Waals surface area contributed by atoms with E-state index in [1.165, 1.54) is 18.2 Å². The molecule has 7 nitrogen and oxygen atoms in total. The fourth-order valence-electron chi connectivity index (χ4n) is 7.16. The minimum Gasteiger partial charge on any atom is -0.337 e. The molecule has 2 aliphatic carbocycles. The number of carbonyl (C=O) groups excluding carboxylic acids is 1. The summed E-state index contributed by atoms with van der Waals surface area (Å²) in [6.45, 7) is 5.72. The SMILES string of the molecule is CC1(C)[C@H]2CC[C@]1([C@H]1CCCN(C(=O)NCCS(C)(=O)=O)C1)c1nnc(-c3c(F)cccc3F)cc12. The molecule has 2 aromatic rings. The number of nitrogens with zero attached hydrogens (tertiary/aromatic N) is 3. The number of nitrogens with one attached hydrogen (secondary N) is 1. The van der Waals surface area contributed by atoms with Gasteiger partial charge in [-0.25, -0.2) is 22.0 Å². The molecule has 1 aromatic heterocycles. The second-order valence-electron chi connectivity index (χ2n) is 11.1. The molecular weight excluding hydrogens is 486 g/mol. The normalized spacial score (nSPS) is 26.6. The molecule has 1 aliphatic heterocycles. The van der Waals surface area contributed by atoms with Crippen LogP contribution in [0.4, 0.5) is 13.6 Å². The van der Waals surface area contributed by atoms with Crippen LogP contribution in [-0.4, -0.2) is 61.2 Å². The van der Waals surface area contributed by atoms with Gasteiger partial charge in [0.25, 0.3) is 0 Å². The van der Waals surface area contributed by atoms with Gasteiger partial charge in [0.15, 0.2) is 0 Å². The van der Waals surface area contributed by atoms with E-state index in [1.807, 2.05) is 6.07 Å². The van der Waals surface area contributed by atoms with Gasteiger partial charge in [0, 0.05) is 31.3 Å². The van der Waals surface area contributed by atoms with E-state index in [2.05, 4.69) is 29.4 Å². The molecule has 0 spiro atoms. The van der Waals surface area contributed by atoms with Crippen LogP contribution >= 0.6 is 0 Å². The van der Waals surface area contributed by atoms with Crippen molar-refractivity contribution in [2.75, 3.05) is 31.6 Å². The molecule has 2 amide bonds. The molecule has 0 unspecified atom stereocenters. The van der Waals surface area contributed by atoms with Gasteiger partial charge in [-0.2, -0.15) is 10.2 Å². The van der Waals surface area contributed by atoms with Crippen LogP contribution in [0.3, 0.4) is 0 Å². The van der Waals surface area contributed by atoms with Crippen LogP contribution in [0.15, 0.2) is 24.3 Å². The van der Waals surface area contributed by atoms with E-state index >= 15 is 0 Å². The summed E-state index contributed by atoms with van der Waals surface area (Å²) in [5.41, 5.74) is 1.51. The van der Waals surface area contributed by atoms with Gasteiger partial charge in [-0.1, -0.05) is 19.9 Å². The number of carbonyl (C=O) groups is 1. The van der Waals surface area contributed by atoms with Gasteiger partial charge in [-0.15, -0.1) is 0 Å². The Balaban J connectivity index is 1.45. The molecular formula is C26H32F2N4O3S. The Morgan fingerprint density at radius 2 is 1.92 bits per heavy atom. The predicted molar refractivity (Wildman–Crippen MR) is 132 cm³/mol. The maximum atomic E-state index is 14.5. The van der Waals surface area contributed by atoms with E-state index in [1.54, 1.807) is 4.90 Å². The van der Waals surface area contributed by atoms with Crippen LogP contribution in [0.5, 0.6) is 0 Å². The number of likely N-dealkylation sites (tertiary alicyclic amines) is 1. The third-order valence-electron chi connectivity index (χ3n) is 8.84. The number of hydrogen-bond donors (Lipinski definition) is 1. The quantitative estimate of drug-likeness (QED) is 0.645. The number of fused-ring (bicyclic) bond motifs is 5.